The molecule has 0 bridgehead atoms. The molecule has 2 amide bonds. The number of hydrogen-bond donors (Lipinski definition) is 0. The molecule has 0 aromatic carbocycles. The maximum absolute atomic E-state index is 12.1. The third kappa shape index (κ3) is 2.58. The van der Waals surface area contributed by atoms with E-state index in [-0.39, 0.29) is 17.2 Å². The first-order valence-corrected chi connectivity index (χ1v) is 5.65. The average Bonchev–Trinajstić information content (AvgIpc) is 2.15. The molecule has 0 aromatic heterocycles. The van der Waals surface area contributed by atoms with Crippen LogP contribution < -0.4 is 0 Å². The van der Waals surface area contributed by atoms with Gasteiger partial charge in [0.05, 0.1) is 0 Å². The lowest BCUT2D eigenvalue weighted by Crippen LogP contribution is -2.44. The molecule has 1 fully saturated rings. The Hall–Kier alpha value is -0.860. The van der Waals surface area contributed by atoms with Gasteiger partial charge in [0, 0.05) is 19.4 Å². The normalized spacial score (nSPS) is 31.1. The highest BCUT2D eigenvalue weighted by molar-refractivity contribution is 5.96. The van der Waals surface area contributed by atoms with Crippen LogP contribution in [0.4, 0.5) is 0 Å². The van der Waals surface area contributed by atoms with Crippen LogP contribution in [0.5, 0.6) is 0 Å². The minimum absolute atomic E-state index is 0.0125. The highest BCUT2D eigenvalue weighted by atomic mass is 16.2. The van der Waals surface area contributed by atoms with Gasteiger partial charge in [-0.1, -0.05) is 26.7 Å². The van der Waals surface area contributed by atoms with Crippen LogP contribution in [0.25, 0.3) is 0 Å². The quantitative estimate of drug-likeness (QED) is 0.667. The van der Waals surface area contributed by atoms with Crippen LogP contribution >= 0.6 is 0 Å². The molecule has 0 N–H and O–H groups in total. The number of carbonyl (C=O) groups is 2. The minimum Gasteiger partial charge on any atom is -0.286 e. The average molecular weight is 211 g/mol. The molecule has 0 radical (unpaired) electrons. The molecule has 1 rings (SSSR count). The summed E-state index contributed by atoms with van der Waals surface area (Å²) in [6, 6.07) is 0. The Morgan fingerprint density at radius 1 is 1.40 bits per heavy atom. The van der Waals surface area contributed by atoms with Gasteiger partial charge >= 0.3 is 0 Å². The van der Waals surface area contributed by atoms with Gasteiger partial charge in [-0.25, -0.2) is 0 Å². The smallest absolute Gasteiger partial charge is 0.234 e. The summed E-state index contributed by atoms with van der Waals surface area (Å²) in [5, 5.41) is 0. The SMILES string of the molecule is CC(=O)N(C)C(=O)C1(C)CCCC(C)C1. The van der Waals surface area contributed by atoms with Crippen molar-refractivity contribution in [1.29, 1.82) is 0 Å². The number of hydrogen-bond acceptors (Lipinski definition) is 2. The largest absolute Gasteiger partial charge is 0.286 e. The number of carbonyl (C=O) groups excluding carboxylic acids is 2. The van der Waals surface area contributed by atoms with E-state index >= 15 is 0 Å². The second-order valence-electron chi connectivity index (χ2n) is 5.15. The standard InChI is InChI=1S/C12H21NO2/c1-9-6-5-7-12(3,8-9)11(15)13(4)10(2)14/h9H,5-8H2,1-4H3. The summed E-state index contributed by atoms with van der Waals surface area (Å²) in [6.07, 6.45) is 4.11. The lowest BCUT2D eigenvalue weighted by molar-refractivity contribution is -0.150. The fourth-order valence-electron chi connectivity index (χ4n) is 2.56. The van der Waals surface area contributed by atoms with Crippen molar-refractivity contribution in [3.8, 4) is 0 Å². The van der Waals surface area contributed by atoms with Crippen LogP contribution in [0.1, 0.15) is 46.5 Å². The number of nitrogens with zero attached hydrogens (tertiary/aromatic N) is 1. The molecule has 0 spiro atoms. The molecular formula is C12H21NO2. The molecule has 1 aliphatic carbocycles. The zero-order chi connectivity index (χ0) is 11.6. The van der Waals surface area contributed by atoms with Gasteiger partial charge in [-0.05, 0) is 18.8 Å². The minimum atomic E-state index is -0.321. The van der Waals surface area contributed by atoms with Gasteiger partial charge in [0.25, 0.3) is 0 Å². The molecular weight excluding hydrogens is 190 g/mol. The lowest BCUT2D eigenvalue weighted by atomic mass is 9.70. The summed E-state index contributed by atoms with van der Waals surface area (Å²) in [5.41, 5.74) is -0.321. The van der Waals surface area contributed by atoms with Crippen molar-refractivity contribution in [3.05, 3.63) is 0 Å². The van der Waals surface area contributed by atoms with Gasteiger partial charge < -0.3 is 0 Å². The van der Waals surface area contributed by atoms with E-state index in [0.29, 0.717) is 5.92 Å². The summed E-state index contributed by atoms with van der Waals surface area (Å²) in [5.74, 6) is 0.411. The second-order valence-corrected chi connectivity index (χ2v) is 5.15. The van der Waals surface area contributed by atoms with Gasteiger partial charge in [-0.3, -0.25) is 14.5 Å². The van der Waals surface area contributed by atoms with Gasteiger partial charge in [0.2, 0.25) is 11.8 Å². The van der Waals surface area contributed by atoms with Crippen LogP contribution in [0.3, 0.4) is 0 Å². The van der Waals surface area contributed by atoms with Crippen LogP contribution in [0.15, 0.2) is 0 Å². The highest BCUT2D eigenvalue weighted by Gasteiger charge is 2.39. The third-order valence-corrected chi connectivity index (χ3v) is 3.52. The van der Waals surface area contributed by atoms with E-state index in [2.05, 4.69) is 6.92 Å². The Morgan fingerprint density at radius 3 is 2.47 bits per heavy atom. The fraction of sp³-hybridized carbons (Fsp3) is 0.833. The lowest BCUT2D eigenvalue weighted by Gasteiger charge is -2.37. The highest BCUT2D eigenvalue weighted by Crippen LogP contribution is 2.40. The topological polar surface area (TPSA) is 37.4 Å². The molecule has 1 saturated carbocycles. The first-order valence-electron chi connectivity index (χ1n) is 5.65. The van der Waals surface area contributed by atoms with E-state index in [4.69, 9.17) is 0 Å². The maximum atomic E-state index is 12.1. The summed E-state index contributed by atoms with van der Waals surface area (Å²) >= 11 is 0. The number of imide groups is 1. The summed E-state index contributed by atoms with van der Waals surface area (Å²) in [6.45, 7) is 5.61. The fourth-order valence-corrected chi connectivity index (χ4v) is 2.56. The van der Waals surface area contributed by atoms with Gasteiger partial charge in [0.15, 0.2) is 0 Å². The van der Waals surface area contributed by atoms with E-state index < -0.39 is 0 Å². The van der Waals surface area contributed by atoms with E-state index in [1.807, 2.05) is 6.92 Å². The molecule has 0 aromatic rings. The third-order valence-electron chi connectivity index (χ3n) is 3.52. The number of rotatable bonds is 1. The first kappa shape index (κ1) is 12.2. The van der Waals surface area contributed by atoms with Crippen LogP contribution in [-0.2, 0) is 9.59 Å². The Bertz CT molecular complexity index is 275. The Balaban J connectivity index is 2.76. The molecule has 15 heavy (non-hydrogen) atoms. The Labute approximate surface area is 91.8 Å². The zero-order valence-electron chi connectivity index (χ0n) is 10.2. The summed E-state index contributed by atoms with van der Waals surface area (Å²) in [7, 11) is 1.58. The molecule has 86 valence electrons. The van der Waals surface area contributed by atoms with Gasteiger partial charge in [-0.2, -0.15) is 0 Å². The molecule has 2 atom stereocenters. The van der Waals surface area contributed by atoms with Gasteiger partial charge in [-0.15, -0.1) is 0 Å². The zero-order valence-corrected chi connectivity index (χ0v) is 10.2. The van der Waals surface area contributed by atoms with Crippen molar-refractivity contribution in [1.82, 2.24) is 4.90 Å². The summed E-state index contributed by atoms with van der Waals surface area (Å²) < 4.78 is 0. The van der Waals surface area contributed by atoms with E-state index in [0.717, 1.165) is 19.3 Å². The molecule has 0 aliphatic heterocycles. The molecule has 0 saturated heterocycles. The van der Waals surface area contributed by atoms with Crippen molar-refractivity contribution in [2.75, 3.05) is 7.05 Å². The maximum Gasteiger partial charge on any atom is 0.234 e. The van der Waals surface area contributed by atoms with Crippen molar-refractivity contribution >= 4 is 11.8 Å². The van der Waals surface area contributed by atoms with Crippen molar-refractivity contribution in [2.45, 2.75) is 46.5 Å². The molecule has 3 nitrogen and oxygen atoms in total. The van der Waals surface area contributed by atoms with E-state index in [1.165, 1.54) is 18.2 Å². The number of amides is 2. The Kier molecular flexibility index (Phi) is 3.53. The van der Waals surface area contributed by atoms with Crippen LogP contribution in [-0.4, -0.2) is 23.8 Å². The van der Waals surface area contributed by atoms with Crippen LogP contribution in [0, 0.1) is 11.3 Å². The van der Waals surface area contributed by atoms with Crippen molar-refractivity contribution < 1.29 is 9.59 Å². The Morgan fingerprint density at radius 2 is 2.00 bits per heavy atom. The first-order chi connectivity index (χ1) is 6.87. The monoisotopic (exact) mass is 211 g/mol. The van der Waals surface area contributed by atoms with Gasteiger partial charge in [0.1, 0.15) is 0 Å². The summed E-state index contributed by atoms with van der Waals surface area (Å²) in [4.78, 5) is 24.5. The predicted octanol–water partition coefficient (Wildman–Crippen LogP) is 2.21. The van der Waals surface area contributed by atoms with Crippen molar-refractivity contribution in [2.24, 2.45) is 11.3 Å². The van der Waals surface area contributed by atoms with E-state index in [9.17, 15) is 9.59 Å². The van der Waals surface area contributed by atoms with E-state index in [1.54, 1.807) is 7.05 Å². The molecule has 0 heterocycles. The predicted molar refractivity (Wildman–Crippen MR) is 59.2 cm³/mol. The second kappa shape index (κ2) is 4.33. The van der Waals surface area contributed by atoms with Crippen LogP contribution in [0.2, 0.25) is 0 Å². The molecule has 1 aliphatic rings. The van der Waals surface area contributed by atoms with Crippen molar-refractivity contribution in [3.63, 3.8) is 0 Å². The molecule has 3 heteroatoms. The molecule has 2 unspecified atom stereocenters.